The van der Waals surface area contributed by atoms with Gasteiger partial charge in [0.05, 0.1) is 25.1 Å². The maximum absolute atomic E-state index is 11.7. The quantitative estimate of drug-likeness (QED) is 0.481. The minimum absolute atomic E-state index is 0.323. The van der Waals surface area contributed by atoms with Gasteiger partial charge in [-0.05, 0) is 12.2 Å². The summed E-state index contributed by atoms with van der Waals surface area (Å²) in [5.41, 5.74) is 0.683. The van der Waals surface area contributed by atoms with E-state index in [0.29, 0.717) is 22.9 Å². The molecule has 1 aromatic carbocycles. The zero-order valence-electron chi connectivity index (χ0n) is 10.7. The Morgan fingerprint density at radius 1 is 1.10 bits per heavy atom. The lowest BCUT2D eigenvalue weighted by Gasteiger charge is -2.17. The van der Waals surface area contributed by atoms with E-state index in [-0.39, 0.29) is 0 Å². The van der Waals surface area contributed by atoms with Crippen LogP contribution in [0.5, 0.6) is 11.5 Å². The average molecular weight is 290 g/mol. The Labute approximate surface area is 120 Å². The molecule has 1 aromatic rings. The summed E-state index contributed by atoms with van der Waals surface area (Å²) in [5.74, 6) is -0.205. The number of aliphatic imine (C=N–C) groups is 1. The van der Waals surface area contributed by atoms with Gasteiger partial charge in [0.25, 0.3) is 11.8 Å². The number of methoxy groups -OCH3 is 2. The lowest BCUT2D eigenvalue weighted by Crippen LogP contribution is -2.29. The van der Waals surface area contributed by atoms with E-state index in [1.165, 1.54) is 38.5 Å². The number of carbonyl (C=O) groups excluding carboxylic acids is 2. The summed E-state index contributed by atoms with van der Waals surface area (Å²) in [4.78, 5) is 28.2. The molecule has 0 saturated carbocycles. The van der Waals surface area contributed by atoms with E-state index in [2.05, 4.69) is 22.4 Å². The Morgan fingerprint density at radius 3 is 2.00 bits per heavy atom. The molecule has 0 unspecified atom stereocenters. The Kier molecular flexibility index (Phi) is 3.93. The Hall–Kier alpha value is -2.50. The van der Waals surface area contributed by atoms with Crippen molar-refractivity contribution >= 4 is 40.6 Å². The minimum atomic E-state index is -0.426. The van der Waals surface area contributed by atoms with Gasteiger partial charge in [0.15, 0.2) is 17.2 Å². The second-order valence-corrected chi connectivity index (χ2v) is 3.93. The lowest BCUT2D eigenvalue weighted by molar-refractivity contribution is -0.119. The van der Waals surface area contributed by atoms with E-state index in [0.717, 1.165) is 4.90 Å². The number of hydrogen-bond acceptors (Lipinski definition) is 6. The average Bonchev–Trinajstić information content (AvgIpc) is 2.78. The van der Waals surface area contributed by atoms with Gasteiger partial charge in [0.2, 0.25) is 0 Å². The van der Waals surface area contributed by atoms with E-state index in [1.807, 2.05) is 0 Å². The van der Waals surface area contributed by atoms with Crippen LogP contribution in [-0.2, 0) is 9.59 Å². The van der Waals surface area contributed by atoms with Crippen LogP contribution in [0.25, 0.3) is 0 Å². The van der Waals surface area contributed by atoms with Gasteiger partial charge in [-0.1, -0.05) is 0 Å². The van der Waals surface area contributed by atoms with Crippen molar-refractivity contribution in [3.05, 3.63) is 24.3 Å². The number of hydrogen-bond donors (Lipinski definition) is 0. The predicted octanol–water partition coefficient (Wildman–Crippen LogP) is 1.87. The molecule has 1 heterocycles. The third-order valence-corrected chi connectivity index (χ3v) is 2.78. The number of ether oxygens (including phenoxy) is 2. The van der Waals surface area contributed by atoms with Crippen molar-refractivity contribution in [2.45, 2.75) is 0 Å². The van der Waals surface area contributed by atoms with Gasteiger partial charge in [0, 0.05) is 24.3 Å². The first-order chi connectivity index (χ1) is 9.62. The first kappa shape index (κ1) is 13.9. The highest BCUT2D eigenvalue weighted by Crippen LogP contribution is 2.41. The van der Waals surface area contributed by atoms with Crippen molar-refractivity contribution in [1.29, 1.82) is 0 Å². The fourth-order valence-electron chi connectivity index (χ4n) is 1.82. The van der Waals surface area contributed by atoms with Crippen LogP contribution in [0.3, 0.4) is 0 Å². The number of anilines is 1. The Balaban J connectivity index is 2.59. The van der Waals surface area contributed by atoms with Gasteiger partial charge in [-0.15, -0.1) is 0 Å². The van der Waals surface area contributed by atoms with E-state index in [9.17, 15) is 9.59 Å². The summed E-state index contributed by atoms with van der Waals surface area (Å²) in [7, 11) is 2.87. The van der Waals surface area contributed by atoms with Crippen LogP contribution >= 0.6 is 12.2 Å². The fraction of sp³-hybridized carbons (Fsp3) is 0.154. The smallest absolute Gasteiger partial charge is 0.258 e. The molecule has 20 heavy (non-hydrogen) atoms. The number of isothiocyanates is 1. The third-order valence-electron chi connectivity index (χ3n) is 2.69. The third kappa shape index (κ3) is 2.32. The lowest BCUT2D eigenvalue weighted by atomic mass is 10.2. The maximum Gasteiger partial charge on any atom is 0.258 e. The molecule has 0 N–H and O–H groups in total. The molecule has 6 nitrogen and oxygen atoms in total. The fourth-order valence-corrected chi connectivity index (χ4v) is 1.91. The molecule has 0 saturated heterocycles. The molecular formula is C13H10N2O4S. The van der Waals surface area contributed by atoms with Crippen LogP contribution in [0.4, 0.5) is 11.4 Å². The van der Waals surface area contributed by atoms with Crippen molar-refractivity contribution < 1.29 is 19.1 Å². The van der Waals surface area contributed by atoms with Gasteiger partial charge in [-0.2, -0.15) is 4.99 Å². The van der Waals surface area contributed by atoms with E-state index in [4.69, 9.17) is 9.47 Å². The molecule has 0 bridgehead atoms. The van der Waals surface area contributed by atoms with Crippen molar-refractivity contribution in [2.75, 3.05) is 19.1 Å². The summed E-state index contributed by atoms with van der Waals surface area (Å²) in [6.45, 7) is 0. The number of benzene rings is 1. The summed E-state index contributed by atoms with van der Waals surface area (Å²) >= 11 is 4.57. The largest absolute Gasteiger partial charge is 0.494 e. The topological polar surface area (TPSA) is 68.2 Å². The summed E-state index contributed by atoms with van der Waals surface area (Å²) in [6.07, 6.45) is 2.40. The molecule has 0 atom stereocenters. The SMILES string of the molecule is COc1cc(N2C(=O)C=CC2=O)cc(OC)c1N=C=S. The van der Waals surface area contributed by atoms with Gasteiger partial charge < -0.3 is 9.47 Å². The maximum atomic E-state index is 11.7. The van der Waals surface area contributed by atoms with Crippen LogP contribution in [0.15, 0.2) is 29.3 Å². The van der Waals surface area contributed by atoms with Gasteiger partial charge in [0.1, 0.15) is 0 Å². The molecule has 1 aliphatic heterocycles. The second-order valence-electron chi connectivity index (χ2n) is 3.75. The van der Waals surface area contributed by atoms with Crippen LogP contribution in [-0.4, -0.2) is 31.2 Å². The molecule has 0 aromatic heterocycles. The standard InChI is InChI=1S/C13H10N2O4S/c1-18-9-5-8(15-11(16)3-4-12(15)17)6-10(19-2)13(9)14-7-20/h3-6H,1-2H3. The van der Waals surface area contributed by atoms with E-state index in [1.54, 1.807) is 0 Å². The number of carbonyl (C=O) groups is 2. The zero-order chi connectivity index (χ0) is 14.7. The van der Waals surface area contributed by atoms with E-state index < -0.39 is 11.8 Å². The van der Waals surface area contributed by atoms with Crippen LogP contribution < -0.4 is 14.4 Å². The van der Waals surface area contributed by atoms with Crippen LogP contribution in [0, 0.1) is 0 Å². The minimum Gasteiger partial charge on any atom is -0.494 e. The highest BCUT2D eigenvalue weighted by Gasteiger charge is 2.27. The molecule has 0 spiro atoms. The number of nitrogens with zero attached hydrogens (tertiary/aromatic N) is 2. The van der Waals surface area contributed by atoms with Crippen LogP contribution in [0.1, 0.15) is 0 Å². The van der Waals surface area contributed by atoms with E-state index >= 15 is 0 Å². The van der Waals surface area contributed by atoms with Crippen molar-refractivity contribution in [1.82, 2.24) is 0 Å². The Morgan fingerprint density at radius 2 is 1.60 bits per heavy atom. The molecule has 0 fully saturated rings. The normalized spacial score (nSPS) is 13.4. The van der Waals surface area contributed by atoms with Gasteiger partial charge >= 0.3 is 0 Å². The van der Waals surface area contributed by atoms with Crippen molar-refractivity contribution in [3.63, 3.8) is 0 Å². The number of amides is 2. The molecule has 102 valence electrons. The molecule has 2 rings (SSSR count). The molecule has 0 radical (unpaired) electrons. The number of thiocarbonyl (C=S) groups is 1. The number of rotatable bonds is 4. The first-order valence-electron chi connectivity index (χ1n) is 5.52. The second kappa shape index (κ2) is 5.64. The summed E-state index contributed by atoms with van der Waals surface area (Å²) in [6, 6.07) is 3.02. The first-order valence-corrected chi connectivity index (χ1v) is 5.93. The predicted molar refractivity (Wildman–Crippen MR) is 75.9 cm³/mol. The monoisotopic (exact) mass is 290 g/mol. The number of imide groups is 1. The molecule has 1 aliphatic rings. The molecule has 7 heteroatoms. The molecular weight excluding hydrogens is 280 g/mol. The van der Waals surface area contributed by atoms with Gasteiger partial charge in [-0.3, -0.25) is 9.59 Å². The zero-order valence-corrected chi connectivity index (χ0v) is 11.6. The van der Waals surface area contributed by atoms with Crippen molar-refractivity contribution in [2.24, 2.45) is 4.99 Å². The summed E-state index contributed by atoms with van der Waals surface area (Å²) < 4.78 is 10.4. The molecule has 0 aliphatic carbocycles. The molecule has 2 amide bonds. The highest BCUT2D eigenvalue weighted by atomic mass is 32.1. The highest BCUT2D eigenvalue weighted by molar-refractivity contribution is 7.78. The van der Waals surface area contributed by atoms with Gasteiger partial charge in [-0.25, -0.2) is 4.90 Å². The summed E-state index contributed by atoms with van der Waals surface area (Å²) in [5, 5.41) is 2.23. The van der Waals surface area contributed by atoms with Crippen molar-refractivity contribution in [3.8, 4) is 11.5 Å². The Bertz CT molecular complexity index is 619. The van der Waals surface area contributed by atoms with Crippen LogP contribution in [0.2, 0.25) is 0 Å².